The summed E-state index contributed by atoms with van der Waals surface area (Å²) in [6.07, 6.45) is 1.68. The molecule has 0 spiro atoms. The molecule has 0 saturated carbocycles. The summed E-state index contributed by atoms with van der Waals surface area (Å²) in [7, 11) is 0. The third-order valence-electron chi connectivity index (χ3n) is 3.56. The zero-order valence-electron chi connectivity index (χ0n) is 12.8. The maximum Gasteiger partial charge on any atom is 0.263 e. The Morgan fingerprint density at radius 2 is 1.67 bits per heavy atom. The highest BCUT2D eigenvalue weighted by atomic mass is 79.9. The van der Waals surface area contributed by atoms with Gasteiger partial charge in [-0.3, -0.25) is 9.59 Å². The summed E-state index contributed by atoms with van der Waals surface area (Å²) in [4.78, 5) is 24.9. The molecule has 0 aliphatic heterocycles. The van der Waals surface area contributed by atoms with Crippen LogP contribution in [0.3, 0.4) is 0 Å². The molecule has 0 fully saturated rings. The van der Waals surface area contributed by atoms with E-state index in [4.69, 9.17) is 0 Å². The molecule has 0 radical (unpaired) electrons. The Morgan fingerprint density at radius 1 is 0.958 bits per heavy atom. The Morgan fingerprint density at radius 3 is 2.38 bits per heavy atom. The molecular weight excluding hydrogens is 368 g/mol. The minimum Gasteiger partial charge on any atom is -0.322 e. The molecular formula is C19H15BrN2O2. The van der Waals surface area contributed by atoms with Crippen molar-refractivity contribution in [2.24, 2.45) is 0 Å². The van der Waals surface area contributed by atoms with Gasteiger partial charge in [0.15, 0.2) is 0 Å². The monoisotopic (exact) mass is 382 g/mol. The Balaban J connectivity index is 1.84. The van der Waals surface area contributed by atoms with Crippen LogP contribution >= 0.6 is 15.9 Å². The zero-order valence-corrected chi connectivity index (χ0v) is 14.4. The number of nitrogens with zero attached hydrogens (tertiary/aromatic N) is 1. The molecule has 1 N–H and O–H groups in total. The van der Waals surface area contributed by atoms with E-state index in [1.807, 2.05) is 42.5 Å². The van der Waals surface area contributed by atoms with Crippen LogP contribution < -0.4 is 10.9 Å². The number of nitrogens with one attached hydrogen (secondary N) is 1. The molecule has 2 aromatic carbocycles. The molecule has 1 heterocycles. The molecule has 0 unspecified atom stereocenters. The summed E-state index contributed by atoms with van der Waals surface area (Å²) in [5.74, 6) is -0.406. The molecule has 24 heavy (non-hydrogen) atoms. The van der Waals surface area contributed by atoms with Crippen molar-refractivity contribution < 1.29 is 4.79 Å². The lowest BCUT2D eigenvalue weighted by Crippen LogP contribution is -2.29. The second-order valence-electron chi connectivity index (χ2n) is 5.30. The molecule has 1 aromatic heterocycles. The van der Waals surface area contributed by atoms with E-state index >= 15 is 0 Å². The number of benzene rings is 2. The molecule has 0 atom stereocenters. The lowest BCUT2D eigenvalue weighted by Gasteiger charge is -2.09. The largest absolute Gasteiger partial charge is 0.322 e. The smallest absolute Gasteiger partial charge is 0.263 e. The predicted molar refractivity (Wildman–Crippen MR) is 98.3 cm³/mol. The average Bonchev–Trinajstić information content (AvgIpc) is 2.59. The van der Waals surface area contributed by atoms with Crippen molar-refractivity contribution in [2.75, 3.05) is 5.32 Å². The van der Waals surface area contributed by atoms with E-state index in [2.05, 4.69) is 21.2 Å². The van der Waals surface area contributed by atoms with Gasteiger partial charge in [0.1, 0.15) is 5.56 Å². The van der Waals surface area contributed by atoms with Gasteiger partial charge in [0.05, 0.1) is 6.54 Å². The molecule has 0 saturated heterocycles. The van der Waals surface area contributed by atoms with Crippen molar-refractivity contribution in [3.8, 4) is 0 Å². The normalized spacial score (nSPS) is 10.4. The molecule has 0 aliphatic carbocycles. The summed E-state index contributed by atoms with van der Waals surface area (Å²) >= 11 is 3.39. The lowest BCUT2D eigenvalue weighted by molar-refractivity contribution is 0.102. The van der Waals surface area contributed by atoms with Crippen LogP contribution in [0.25, 0.3) is 0 Å². The molecule has 0 aliphatic rings. The van der Waals surface area contributed by atoms with E-state index in [1.54, 1.807) is 30.5 Å². The Hall–Kier alpha value is -2.66. The highest BCUT2D eigenvalue weighted by molar-refractivity contribution is 9.10. The predicted octanol–water partition coefficient (Wildman–Crippen LogP) is 3.91. The van der Waals surface area contributed by atoms with E-state index in [0.717, 1.165) is 10.0 Å². The highest BCUT2D eigenvalue weighted by Crippen LogP contribution is 2.11. The number of hydrogen-bond acceptors (Lipinski definition) is 2. The summed E-state index contributed by atoms with van der Waals surface area (Å²) < 4.78 is 2.51. The van der Waals surface area contributed by atoms with Gasteiger partial charge in [0.2, 0.25) is 0 Å². The Labute approximate surface area is 147 Å². The molecule has 120 valence electrons. The number of aromatic nitrogens is 1. The molecule has 5 heteroatoms. The lowest BCUT2D eigenvalue weighted by atomic mass is 10.2. The first-order chi connectivity index (χ1) is 11.6. The van der Waals surface area contributed by atoms with Gasteiger partial charge in [-0.05, 0) is 42.0 Å². The summed E-state index contributed by atoms with van der Waals surface area (Å²) in [5, 5.41) is 2.74. The number of amides is 1. The van der Waals surface area contributed by atoms with Crippen molar-refractivity contribution >= 4 is 27.5 Å². The summed E-state index contributed by atoms with van der Waals surface area (Å²) in [6, 6.07) is 20.0. The van der Waals surface area contributed by atoms with E-state index in [9.17, 15) is 9.59 Å². The van der Waals surface area contributed by atoms with Crippen molar-refractivity contribution in [2.45, 2.75) is 6.54 Å². The van der Waals surface area contributed by atoms with E-state index < -0.39 is 5.91 Å². The number of anilines is 1. The van der Waals surface area contributed by atoms with Crippen LogP contribution in [0.15, 0.2) is 82.2 Å². The zero-order chi connectivity index (χ0) is 16.9. The number of halogens is 1. The van der Waals surface area contributed by atoms with Gasteiger partial charge in [-0.25, -0.2) is 0 Å². The van der Waals surface area contributed by atoms with Crippen molar-refractivity contribution in [1.29, 1.82) is 0 Å². The van der Waals surface area contributed by atoms with E-state index in [1.165, 1.54) is 4.57 Å². The second kappa shape index (κ2) is 7.27. The van der Waals surface area contributed by atoms with Crippen molar-refractivity contribution in [3.05, 3.63) is 98.9 Å². The number of rotatable bonds is 4. The van der Waals surface area contributed by atoms with Crippen molar-refractivity contribution in [3.63, 3.8) is 0 Å². The highest BCUT2D eigenvalue weighted by Gasteiger charge is 2.12. The number of carbonyl (C=O) groups is 1. The second-order valence-corrected chi connectivity index (χ2v) is 6.22. The quantitative estimate of drug-likeness (QED) is 0.743. The van der Waals surface area contributed by atoms with Crippen LogP contribution in [0.2, 0.25) is 0 Å². The maximum absolute atomic E-state index is 12.6. The van der Waals surface area contributed by atoms with Gasteiger partial charge >= 0.3 is 0 Å². The van der Waals surface area contributed by atoms with Crippen molar-refractivity contribution in [1.82, 2.24) is 4.57 Å². The van der Waals surface area contributed by atoms with Gasteiger partial charge in [-0.1, -0.05) is 46.3 Å². The van der Waals surface area contributed by atoms with Gasteiger partial charge in [-0.2, -0.15) is 0 Å². The van der Waals surface area contributed by atoms with Crippen LogP contribution in [0.1, 0.15) is 15.9 Å². The number of pyridine rings is 1. The van der Waals surface area contributed by atoms with Crippen LogP contribution in [-0.4, -0.2) is 10.5 Å². The third-order valence-corrected chi connectivity index (χ3v) is 4.09. The molecule has 4 nitrogen and oxygen atoms in total. The van der Waals surface area contributed by atoms with Crippen LogP contribution in [0, 0.1) is 0 Å². The standard InChI is InChI=1S/C19H15BrN2O2/c20-15-10-8-14(9-11-15)13-22-12-4-7-17(19(22)24)18(23)21-16-5-2-1-3-6-16/h1-12H,13H2,(H,21,23). The minimum atomic E-state index is -0.406. The van der Waals surface area contributed by atoms with E-state index in [-0.39, 0.29) is 11.1 Å². The van der Waals surface area contributed by atoms with Crippen LogP contribution in [0.5, 0.6) is 0 Å². The topological polar surface area (TPSA) is 51.1 Å². The molecule has 1 amide bonds. The van der Waals surface area contributed by atoms with Gasteiger partial charge in [-0.15, -0.1) is 0 Å². The fraction of sp³-hybridized carbons (Fsp3) is 0.0526. The van der Waals surface area contributed by atoms with Gasteiger partial charge in [0.25, 0.3) is 11.5 Å². The summed E-state index contributed by atoms with van der Waals surface area (Å²) in [5.41, 5.74) is 1.46. The fourth-order valence-electron chi connectivity index (χ4n) is 2.34. The Bertz CT molecular complexity index is 903. The van der Waals surface area contributed by atoms with Crippen LogP contribution in [-0.2, 0) is 6.54 Å². The average molecular weight is 383 g/mol. The van der Waals surface area contributed by atoms with Gasteiger partial charge < -0.3 is 9.88 Å². The molecule has 3 rings (SSSR count). The van der Waals surface area contributed by atoms with Gasteiger partial charge in [0, 0.05) is 16.4 Å². The number of carbonyl (C=O) groups excluding carboxylic acids is 1. The molecule has 3 aromatic rings. The minimum absolute atomic E-state index is 0.124. The van der Waals surface area contributed by atoms with E-state index in [0.29, 0.717) is 12.2 Å². The number of para-hydroxylation sites is 1. The number of hydrogen-bond donors (Lipinski definition) is 1. The first-order valence-corrected chi connectivity index (χ1v) is 8.23. The first-order valence-electron chi connectivity index (χ1n) is 7.44. The summed E-state index contributed by atoms with van der Waals surface area (Å²) in [6.45, 7) is 0.415. The maximum atomic E-state index is 12.6. The SMILES string of the molecule is O=C(Nc1ccccc1)c1cccn(Cc2ccc(Br)cc2)c1=O. The third kappa shape index (κ3) is 3.81. The molecule has 0 bridgehead atoms. The van der Waals surface area contributed by atoms with Crippen LogP contribution in [0.4, 0.5) is 5.69 Å². The Kier molecular flexibility index (Phi) is 4.91. The fourth-order valence-corrected chi connectivity index (χ4v) is 2.60. The first kappa shape index (κ1) is 16.2.